The monoisotopic (exact) mass is 271 g/mol. The van der Waals surface area contributed by atoms with Crippen LogP contribution in [0.3, 0.4) is 0 Å². The maximum absolute atomic E-state index is 8.76. The summed E-state index contributed by atoms with van der Waals surface area (Å²) in [4.78, 5) is 0. The lowest BCUT2D eigenvalue weighted by Gasteiger charge is -2.22. The number of aliphatic hydroxyl groups excluding tert-OH is 1. The van der Waals surface area contributed by atoms with Gasteiger partial charge in [-0.15, -0.1) is 0 Å². The summed E-state index contributed by atoms with van der Waals surface area (Å²) in [6, 6.07) is 5.64. The number of ether oxygens (including phenoxy) is 1. The lowest BCUT2D eigenvalue weighted by molar-refractivity contribution is 0.232. The van der Waals surface area contributed by atoms with Crippen LogP contribution in [0.15, 0.2) is 18.2 Å². The van der Waals surface area contributed by atoms with Crippen molar-refractivity contribution in [3.05, 3.63) is 28.8 Å². The summed E-state index contributed by atoms with van der Waals surface area (Å²) in [5, 5.41) is 12.9. The van der Waals surface area contributed by atoms with E-state index in [2.05, 4.69) is 26.1 Å². The van der Waals surface area contributed by atoms with Gasteiger partial charge in [0.1, 0.15) is 5.75 Å². The van der Waals surface area contributed by atoms with Crippen molar-refractivity contribution >= 4 is 11.6 Å². The first-order valence-corrected chi connectivity index (χ1v) is 6.58. The highest BCUT2D eigenvalue weighted by atomic mass is 35.5. The van der Waals surface area contributed by atoms with E-state index in [9.17, 15) is 0 Å². The quantitative estimate of drug-likeness (QED) is 0.782. The van der Waals surface area contributed by atoms with E-state index >= 15 is 0 Å². The smallest absolute Gasteiger partial charge is 0.125 e. The zero-order valence-electron chi connectivity index (χ0n) is 11.3. The minimum absolute atomic E-state index is 0.0293. The van der Waals surface area contributed by atoms with Gasteiger partial charge in [-0.25, -0.2) is 0 Å². The van der Waals surface area contributed by atoms with Gasteiger partial charge in [0.15, 0.2) is 0 Å². The van der Waals surface area contributed by atoms with E-state index in [1.54, 1.807) is 0 Å². The lowest BCUT2D eigenvalue weighted by atomic mass is 10.1. The molecule has 0 atom stereocenters. The van der Waals surface area contributed by atoms with Gasteiger partial charge < -0.3 is 15.2 Å². The van der Waals surface area contributed by atoms with Crippen LogP contribution in [0.25, 0.3) is 0 Å². The molecule has 0 amide bonds. The predicted molar refractivity (Wildman–Crippen MR) is 75.2 cm³/mol. The van der Waals surface area contributed by atoms with Gasteiger partial charge in [0.05, 0.1) is 6.61 Å². The number of aliphatic hydroxyl groups is 1. The van der Waals surface area contributed by atoms with Crippen LogP contribution >= 0.6 is 11.6 Å². The summed E-state index contributed by atoms with van der Waals surface area (Å²) >= 11 is 6.20. The van der Waals surface area contributed by atoms with Crippen LogP contribution in [0.4, 0.5) is 0 Å². The molecule has 4 heteroatoms. The number of nitrogens with one attached hydrogen (secondary N) is 1. The Morgan fingerprint density at radius 3 is 2.67 bits per heavy atom. The molecule has 0 aliphatic carbocycles. The maximum Gasteiger partial charge on any atom is 0.125 e. The topological polar surface area (TPSA) is 41.5 Å². The van der Waals surface area contributed by atoms with Gasteiger partial charge in [-0.1, -0.05) is 17.7 Å². The minimum atomic E-state index is 0.0293. The molecule has 1 rings (SSSR count). The lowest BCUT2D eigenvalue weighted by Crippen LogP contribution is -2.35. The normalized spacial score (nSPS) is 11.6. The zero-order chi connectivity index (χ0) is 13.6. The molecule has 3 nitrogen and oxygen atoms in total. The second-order valence-electron chi connectivity index (χ2n) is 5.25. The third-order valence-electron chi connectivity index (χ3n) is 2.43. The van der Waals surface area contributed by atoms with Crippen LogP contribution in [-0.2, 0) is 6.54 Å². The van der Waals surface area contributed by atoms with Gasteiger partial charge in [0, 0.05) is 35.7 Å². The van der Waals surface area contributed by atoms with E-state index in [4.69, 9.17) is 21.4 Å². The SMILES string of the molecule is CC(C)(C)NCc1c(Cl)cccc1OCCCO. The molecule has 0 unspecified atom stereocenters. The summed E-state index contributed by atoms with van der Waals surface area (Å²) < 4.78 is 5.64. The van der Waals surface area contributed by atoms with Crippen molar-refractivity contribution in [2.45, 2.75) is 39.3 Å². The van der Waals surface area contributed by atoms with Crippen LogP contribution in [0.5, 0.6) is 5.75 Å². The first-order chi connectivity index (χ1) is 8.44. The van der Waals surface area contributed by atoms with Gasteiger partial charge >= 0.3 is 0 Å². The van der Waals surface area contributed by atoms with Crippen molar-refractivity contribution in [3.63, 3.8) is 0 Å². The second-order valence-corrected chi connectivity index (χ2v) is 5.65. The standard InChI is InChI=1S/C14H22ClNO2/c1-14(2,3)16-10-11-12(15)6-4-7-13(11)18-9-5-8-17/h4,6-7,16-17H,5,8-10H2,1-3H3. The Balaban J connectivity index is 2.74. The molecule has 0 aromatic heterocycles. The molecule has 0 fully saturated rings. The van der Waals surface area contributed by atoms with Crippen molar-refractivity contribution in [1.29, 1.82) is 0 Å². The fraction of sp³-hybridized carbons (Fsp3) is 0.571. The fourth-order valence-electron chi connectivity index (χ4n) is 1.45. The van der Waals surface area contributed by atoms with Crippen molar-refractivity contribution < 1.29 is 9.84 Å². The van der Waals surface area contributed by atoms with Crippen molar-refractivity contribution in [2.24, 2.45) is 0 Å². The molecule has 1 aromatic rings. The molecule has 0 aliphatic rings. The average Bonchev–Trinajstić information content (AvgIpc) is 2.27. The number of benzene rings is 1. The second kappa shape index (κ2) is 6.98. The molecule has 0 heterocycles. The molecule has 102 valence electrons. The van der Waals surface area contributed by atoms with Gasteiger partial charge in [-0.3, -0.25) is 0 Å². The third kappa shape index (κ3) is 5.25. The van der Waals surface area contributed by atoms with E-state index < -0.39 is 0 Å². The highest BCUT2D eigenvalue weighted by molar-refractivity contribution is 6.31. The molecule has 0 saturated heterocycles. The molecular weight excluding hydrogens is 250 g/mol. The van der Waals surface area contributed by atoms with Gasteiger partial charge in [0.2, 0.25) is 0 Å². The molecule has 0 saturated carbocycles. The summed E-state index contributed by atoms with van der Waals surface area (Å²) in [6.07, 6.45) is 0.624. The van der Waals surface area contributed by atoms with Crippen LogP contribution in [0, 0.1) is 0 Å². The first kappa shape index (κ1) is 15.3. The molecule has 0 aliphatic heterocycles. The third-order valence-corrected chi connectivity index (χ3v) is 2.79. The van der Waals surface area contributed by atoms with Gasteiger partial charge in [0.25, 0.3) is 0 Å². The Bertz CT molecular complexity index is 375. The van der Waals surface area contributed by atoms with E-state index in [0.29, 0.717) is 24.6 Å². The molecule has 1 aromatic carbocycles. The molecule has 0 spiro atoms. The van der Waals surface area contributed by atoms with E-state index in [0.717, 1.165) is 11.3 Å². The summed E-state index contributed by atoms with van der Waals surface area (Å²) in [5.41, 5.74) is 0.994. The van der Waals surface area contributed by atoms with Crippen molar-refractivity contribution in [3.8, 4) is 5.75 Å². The number of hydrogen-bond acceptors (Lipinski definition) is 3. The average molecular weight is 272 g/mol. The maximum atomic E-state index is 8.76. The summed E-state index contributed by atoms with van der Waals surface area (Å²) in [7, 11) is 0. The highest BCUT2D eigenvalue weighted by Crippen LogP contribution is 2.27. The van der Waals surface area contributed by atoms with Crippen LogP contribution in [-0.4, -0.2) is 23.9 Å². The van der Waals surface area contributed by atoms with E-state index in [1.165, 1.54) is 0 Å². The van der Waals surface area contributed by atoms with Gasteiger partial charge in [-0.2, -0.15) is 0 Å². The molecular formula is C14H22ClNO2. The van der Waals surface area contributed by atoms with E-state index in [1.807, 2.05) is 18.2 Å². The zero-order valence-corrected chi connectivity index (χ0v) is 12.0. The number of hydrogen-bond donors (Lipinski definition) is 2. The Hall–Kier alpha value is -0.770. The predicted octanol–water partition coefficient (Wildman–Crippen LogP) is 2.99. The largest absolute Gasteiger partial charge is 0.493 e. The van der Waals surface area contributed by atoms with Crippen LogP contribution in [0.2, 0.25) is 5.02 Å². The van der Waals surface area contributed by atoms with Crippen molar-refractivity contribution in [2.75, 3.05) is 13.2 Å². The Morgan fingerprint density at radius 1 is 1.33 bits per heavy atom. The van der Waals surface area contributed by atoms with Crippen LogP contribution in [0.1, 0.15) is 32.8 Å². The summed E-state index contributed by atoms with van der Waals surface area (Å²) in [6.45, 7) is 7.62. The molecule has 18 heavy (non-hydrogen) atoms. The molecule has 0 radical (unpaired) electrons. The Labute approximate surface area is 114 Å². The number of rotatable bonds is 6. The molecule has 0 bridgehead atoms. The minimum Gasteiger partial charge on any atom is -0.493 e. The van der Waals surface area contributed by atoms with Gasteiger partial charge in [-0.05, 0) is 32.9 Å². The number of halogens is 1. The van der Waals surface area contributed by atoms with Crippen molar-refractivity contribution in [1.82, 2.24) is 5.32 Å². The Kier molecular flexibility index (Phi) is 5.93. The summed E-state index contributed by atoms with van der Waals surface area (Å²) in [5.74, 6) is 0.785. The van der Waals surface area contributed by atoms with E-state index in [-0.39, 0.29) is 12.1 Å². The Morgan fingerprint density at radius 2 is 2.06 bits per heavy atom. The first-order valence-electron chi connectivity index (χ1n) is 6.20. The molecule has 2 N–H and O–H groups in total. The van der Waals surface area contributed by atoms with Crippen LogP contribution < -0.4 is 10.1 Å². The fourth-order valence-corrected chi connectivity index (χ4v) is 1.68. The highest BCUT2D eigenvalue weighted by Gasteiger charge is 2.13.